The number of thioether (sulfide) groups is 1. The average molecular weight is 374 g/mol. The lowest BCUT2D eigenvalue weighted by Crippen LogP contribution is -2.42. The first-order valence-corrected chi connectivity index (χ1v) is 10.1. The minimum atomic E-state index is -0.0631. The van der Waals surface area contributed by atoms with Crippen LogP contribution in [0.2, 0.25) is 5.02 Å². The van der Waals surface area contributed by atoms with Gasteiger partial charge in [0.25, 0.3) is 0 Å². The first-order chi connectivity index (χ1) is 12.1. The van der Waals surface area contributed by atoms with Crippen LogP contribution in [-0.2, 0) is 11.2 Å². The molecule has 1 fully saturated rings. The number of hydrogen-bond donors (Lipinski definition) is 0. The van der Waals surface area contributed by atoms with E-state index >= 15 is 0 Å². The SMILES string of the molecule is C[C@@H](Sc1ccc(Cl)cc1)C(=O)N1CCC(Cc2ccccc2)CC1. The summed E-state index contributed by atoms with van der Waals surface area (Å²) >= 11 is 7.53. The second-order valence-corrected chi connectivity index (χ2v) is 8.52. The summed E-state index contributed by atoms with van der Waals surface area (Å²) in [6.45, 7) is 3.75. The lowest BCUT2D eigenvalue weighted by atomic mass is 9.90. The van der Waals surface area contributed by atoms with E-state index in [-0.39, 0.29) is 11.2 Å². The summed E-state index contributed by atoms with van der Waals surface area (Å²) in [5.41, 5.74) is 1.40. The molecule has 132 valence electrons. The van der Waals surface area contributed by atoms with Gasteiger partial charge < -0.3 is 4.90 Å². The first-order valence-electron chi connectivity index (χ1n) is 8.87. The number of carbonyl (C=O) groups excluding carboxylic acids is 1. The number of likely N-dealkylation sites (tertiary alicyclic amines) is 1. The van der Waals surface area contributed by atoms with Crippen LogP contribution in [0.3, 0.4) is 0 Å². The zero-order valence-corrected chi connectivity index (χ0v) is 16.1. The Balaban J connectivity index is 1.48. The van der Waals surface area contributed by atoms with E-state index in [9.17, 15) is 4.79 Å². The van der Waals surface area contributed by atoms with Gasteiger partial charge in [-0.15, -0.1) is 11.8 Å². The number of rotatable bonds is 5. The number of amides is 1. The van der Waals surface area contributed by atoms with E-state index < -0.39 is 0 Å². The van der Waals surface area contributed by atoms with Crippen molar-refractivity contribution in [3.05, 3.63) is 65.2 Å². The summed E-state index contributed by atoms with van der Waals surface area (Å²) in [6, 6.07) is 18.3. The Kier molecular flexibility index (Phi) is 6.44. The fourth-order valence-corrected chi connectivity index (χ4v) is 4.41. The first kappa shape index (κ1) is 18.3. The Labute approximate surface area is 159 Å². The largest absolute Gasteiger partial charge is 0.342 e. The van der Waals surface area contributed by atoms with Crippen LogP contribution in [0, 0.1) is 5.92 Å². The van der Waals surface area contributed by atoms with E-state index in [0.29, 0.717) is 5.92 Å². The predicted molar refractivity (Wildman–Crippen MR) is 106 cm³/mol. The van der Waals surface area contributed by atoms with Crippen LogP contribution in [-0.4, -0.2) is 29.1 Å². The normalized spacial score (nSPS) is 16.6. The highest BCUT2D eigenvalue weighted by molar-refractivity contribution is 8.00. The standard InChI is InChI=1S/C21H24ClNOS/c1-16(25-20-9-7-19(22)8-10-20)21(24)23-13-11-18(12-14-23)15-17-5-3-2-4-6-17/h2-10,16,18H,11-15H2,1H3/t16-/m1/s1. The molecule has 2 nitrogen and oxygen atoms in total. The predicted octanol–water partition coefficient (Wildman–Crippen LogP) is 5.30. The minimum Gasteiger partial charge on any atom is -0.342 e. The van der Waals surface area contributed by atoms with E-state index in [1.807, 2.05) is 36.1 Å². The van der Waals surface area contributed by atoms with Gasteiger partial charge in [-0.2, -0.15) is 0 Å². The fraction of sp³-hybridized carbons (Fsp3) is 0.381. The molecule has 1 aliphatic heterocycles. The Morgan fingerprint density at radius 3 is 2.40 bits per heavy atom. The molecule has 0 N–H and O–H groups in total. The molecule has 25 heavy (non-hydrogen) atoms. The molecule has 4 heteroatoms. The molecule has 0 saturated carbocycles. The Hall–Kier alpha value is -1.45. The average Bonchev–Trinajstić information content (AvgIpc) is 2.64. The zero-order chi connectivity index (χ0) is 17.6. The van der Waals surface area contributed by atoms with Gasteiger partial charge >= 0.3 is 0 Å². The molecule has 1 saturated heterocycles. The van der Waals surface area contributed by atoms with E-state index in [1.54, 1.807) is 11.8 Å². The van der Waals surface area contributed by atoms with E-state index in [2.05, 4.69) is 30.3 Å². The molecule has 2 aromatic carbocycles. The quantitative estimate of drug-likeness (QED) is 0.662. The Bertz CT molecular complexity index is 681. The number of hydrogen-bond acceptors (Lipinski definition) is 2. The number of nitrogens with zero attached hydrogens (tertiary/aromatic N) is 1. The van der Waals surface area contributed by atoms with Gasteiger partial charge in [0, 0.05) is 23.0 Å². The van der Waals surface area contributed by atoms with Crippen molar-refractivity contribution in [1.29, 1.82) is 0 Å². The monoisotopic (exact) mass is 373 g/mol. The third-order valence-electron chi connectivity index (χ3n) is 4.77. The van der Waals surface area contributed by atoms with Gasteiger partial charge in [-0.3, -0.25) is 4.79 Å². The van der Waals surface area contributed by atoms with Gasteiger partial charge in [0.05, 0.1) is 5.25 Å². The van der Waals surface area contributed by atoms with Crippen LogP contribution in [0.25, 0.3) is 0 Å². The number of halogens is 1. The molecule has 1 atom stereocenters. The molecule has 0 unspecified atom stereocenters. The summed E-state index contributed by atoms with van der Waals surface area (Å²) in [4.78, 5) is 15.8. The van der Waals surface area contributed by atoms with Gasteiger partial charge in [0.1, 0.15) is 0 Å². The summed E-state index contributed by atoms with van der Waals surface area (Å²) in [5.74, 6) is 0.934. The molecular formula is C21H24ClNOS. The molecule has 3 rings (SSSR count). The van der Waals surface area contributed by atoms with Gasteiger partial charge in [0.15, 0.2) is 0 Å². The van der Waals surface area contributed by atoms with Crippen molar-refractivity contribution in [1.82, 2.24) is 4.90 Å². The maximum absolute atomic E-state index is 12.7. The highest BCUT2D eigenvalue weighted by atomic mass is 35.5. The van der Waals surface area contributed by atoms with Crippen LogP contribution in [0.1, 0.15) is 25.3 Å². The Morgan fingerprint density at radius 2 is 1.76 bits per heavy atom. The van der Waals surface area contributed by atoms with Gasteiger partial charge in [-0.25, -0.2) is 0 Å². The molecule has 1 aliphatic rings. The molecule has 0 bridgehead atoms. The number of benzene rings is 2. The smallest absolute Gasteiger partial charge is 0.235 e. The molecule has 1 heterocycles. The molecule has 0 spiro atoms. The lowest BCUT2D eigenvalue weighted by molar-refractivity contribution is -0.131. The molecule has 0 radical (unpaired) electrons. The molecule has 0 aliphatic carbocycles. The van der Waals surface area contributed by atoms with Crippen molar-refractivity contribution in [2.45, 2.75) is 36.3 Å². The van der Waals surface area contributed by atoms with Crippen molar-refractivity contribution in [2.75, 3.05) is 13.1 Å². The maximum atomic E-state index is 12.7. The van der Waals surface area contributed by atoms with E-state index in [4.69, 9.17) is 11.6 Å². The molecule has 1 amide bonds. The van der Waals surface area contributed by atoms with Crippen LogP contribution in [0.15, 0.2) is 59.5 Å². The minimum absolute atomic E-state index is 0.0631. The summed E-state index contributed by atoms with van der Waals surface area (Å²) in [7, 11) is 0. The van der Waals surface area contributed by atoms with Crippen molar-refractivity contribution < 1.29 is 4.79 Å². The van der Waals surface area contributed by atoms with E-state index in [0.717, 1.165) is 42.3 Å². The second kappa shape index (κ2) is 8.77. The third kappa shape index (κ3) is 5.26. The number of piperidine rings is 1. The van der Waals surface area contributed by atoms with Crippen LogP contribution in [0.5, 0.6) is 0 Å². The summed E-state index contributed by atoms with van der Waals surface area (Å²) in [6.07, 6.45) is 3.32. The molecule has 2 aromatic rings. The summed E-state index contributed by atoms with van der Waals surface area (Å²) < 4.78 is 0. The topological polar surface area (TPSA) is 20.3 Å². The lowest BCUT2D eigenvalue weighted by Gasteiger charge is -2.33. The summed E-state index contributed by atoms with van der Waals surface area (Å²) in [5, 5.41) is 0.663. The second-order valence-electron chi connectivity index (χ2n) is 6.67. The van der Waals surface area contributed by atoms with Gasteiger partial charge in [-0.05, 0) is 61.9 Å². The highest BCUT2D eigenvalue weighted by Crippen LogP contribution is 2.28. The van der Waals surface area contributed by atoms with E-state index in [1.165, 1.54) is 5.56 Å². The number of carbonyl (C=O) groups is 1. The van der Waals surface area contributed by atoms with Crippen LogP contribution >= 0.6 is 23.4 Å². The van der Waals surface area contributed by atoms with Gasteiger partial charge in [-0.1, -0.05) is 41.9 Å². The van der Waals surface area contributed by atoms with Crippen molar-refractivity contribution in [3.8, 4) is 0 Å². The van der Waals surface area contributed by atoms with Crippen molar-refractivity contribution in [2.24, 2.45) is 5.92 Å². The molecular weight excluding hydrogens is 350 g/mol. The van der Waals surface area contributed by atoms with Crippen LogP contribution in [0.4, 0.5) is 0 Å². The highest BCUT2D eigenvalue weighted by Gasteiger charge is 2.26. The van der Waals surface area contributed by atoms with Crippen LogP contribution < -0.4 is 0 Å². The fourth-order valence-electron chi connectivity index (χ4n) is 3.33. The van der Waals surface area contributed by atoms with Gasteiger partial charge in [0.2, 0.25) is 5.91 Å². The third-order valence-corrected chi connectivity index (χ3v) is 6.12. The Morgan fingerprint density at radius 1 is 1.12 bits per heavy atom. The van der Waals surface area contributed by atoms with Crippen molar-refractivity contribution >= 4 is 29.3 Å². The van der Waals surface area contributed by atoms with Crippen molar-refractivity contribution in [3.63, 3.8) is 0 Å². The zero-order valence-electron chi connectivity index (χ0n) is 14.5. The maximum Gasteiger partial charge on any atom is 0.235 e. The molecule has 0 aromatic heterocycles.